The quantitative estimate of drug-likeness (QED) is 0.764. The summed E-state index contributed by atoms with van der Waals surface area (Å²) in [7, 11) is 0. The Bertz CT molecular complexity index is 324. The SMILES string of the molecule is CC(C)(CCCN1CCC(N2CCCCC2)C1)C(N)=S. The van der Waals surface area contributed by atoms with Gasteiger partial charge in [-0.1, -0.05) is 32.5 Å². The molecule has 2 heterocycles. The highest BCUT2D eigenvalue weighted by molar-refractivity contribution is 7.80. The van der Waals surface area contributed by atoms with E-state index in [1.807, 2.05) is 0 Å². The van der Waals surface area contributed by atoms with E-state index >= 15 is 0 Å². The second-order valence-electron chi connectivity index (χ2n) is 7.19. The molecule has 0 amide bonds. The molecule has 1 atom stereocenters. The number of nitrogens with zero attached hydrogens (tertiary/aromatic N) is 2. The lowest BCUT2D eigenvalue weighted by Gasteiger charge is -2.32. The topological polar surface area (TPSA) is 32.5 Å². The predicted octanol–water partition coefficient (Wildman–Crippen LogP) is 2.64. The van der Waals surface area contributed by atoms with Gasteiger partial charge in [0.25, 0.3) is 0 Å². The van der Waals surface area contributed by atoms with Crippen LogP contribution in [0.25, 0.3) is 0 Å². The molecular formula is C16H31N3S. The number of hydrogen-bond donors (Lipinski definition) is 1. The summed E-state index contributed by atoms with van der Waals surface area (Å²) in [5, 5.41) is 0. The van der Waals surface area contributed by atoms with Crippen LogP contribution in [0.2, 0.25) is 0 Å². The first-order valence-electron chi connectivity index (χ1n) is 8.25. The molecule has 2 N–H and O–H groups in total. The van der Waals surface area contributed by atoms with Crippen molar-refractivity contribution in [3.05, 3.63) is 0 Å². The van der Waals surface area contributed by atoms with Crippen LogP contribution in [0.15, 0.2) is 0 Å². The molecule has 0 aromatic rings. The van der Waals surface area contributed by atoms with E-state index in [2.05, 4.69) is 23.6 Å². The van der Waals surface area contributed by atoms with Gasteiger partial charge in [0.05, 0.1) is 4.99 Å². The molecule has 2 saturated heterocycles. The predicted molar refractivity (Wildman–Crippen MR) is 90.1 cm³/mol. The fourth-order valence-corrected chi connectivity index (χ4v) is 3.57. The molecular weight excluding hydrogens is 266 g/mol. The standard InChI is InChI=1S/C16H31N3S/c1-16(2,15(17)20)8-6-9-18-12-7-14(13-18)19-10-4-3-5-11-19/h14H,3-13H2,1-2H3,(H2,17,20). The van der Waals surface area contributed by atoms with Crippen molar-refractivity contribution in [2.24, 2.45) is 11.1 Å². The minimum atomic E-state index is 0.0152. The Balaban J connectivity index is 1.67. The van der Waals surface area contributed by atoms with Crippen molar-refractivity contribution in [1.29, 1.82) is 0 Å². The van der Waals surface area contributed by atoms with Crippen molar-refractivity contribution in [3.8, 4) is 0 Å². The van der Waals surface area contributed by atoms with Crippen LogP contribution in [0.4, 0.5) is 0 Å². The van der Waals surface area contributed by atoms with Crippen LogP contribution in [0.3, 0.4) is 0 Å². The van der Waals surface area contributed by atoms with Crippen LogP contribution in [-0.4, -0.2) is 53.6 Å². The van der Waals surface area contributed by atoms with E-state index in [4.69, 9.17) is 18.0 Å². The van der Waals surface area contributed by atoms with Crippen molar-refractivity contribution >= 4 is 17.2 Å². The Hall–Kier alpha value is -0.190. The molecule has 2 rings (SSSR count). The maximum absolute atomic E-state index is 5.80. The Morgan fingerprint density at radius 2 is 1.90 bits per heavy atom. The molecule has 0 saturated carbocycles. The zero-order valence-electron chi connectivity index (χ0n) is 13.2. The van der Waals surface area contributed by atoms with E-state index in [0.717, 1.165) is 12.5 Å². The average molecular weight is 298 g/mol. The van der Waals surface area contributed by atoms with Gasteiger partial charge in [0.2, 0.25) is 0 Å². The molecule has 0 aromatic carbocycles. The van der Waals surface area contributed by atoms with E-state index in [9.17, 15) is 0 Å². The van der Waals surface area contributed by atoms with Gasteiger partial charge in [-0.3, -0.25) is 4.90 Å². The average Bonchev–Trinajstić information content (AvgIpc) is 2.88. The van der Waals surface area contributed by atoms with Gasteiger partial charge in [0.1, 0.15) is 0 Å². The second-order valence-corrected chi connectivity index (χ2v) is 7.63. The van der Waals surface area contributed by atoms with Gasteiger partial charge in [0, 0.05) is 18.0 Å². The molecule has 0 radical (unpaired) electrons. The molecule has 0 bridgehead atoms. The van der Waals surface area contributed by atoms with Crippen LogP contribution in [0.5, 0.6) is 0 Å². The summed E-state index contributed by atoms with van der Waals surface area (Å²) in [5.74, 6) is 0. The summed E-state index contributed by atoms with van der Waals surface area (Å²) >= 11 is 5.14. The minimum absolute atomic E-state index is 0.0152. The summed E-state index contributed by atoms with van der Waals surface area (Å²) in [4.78, 5) is 6.02. The van der Waals surface area contributed by atoms with Crippen molar-refractivity contribution in [2.75, 3.05) is 32.7 Å². The van der Waals surface area contributed by atoms with Gasteiger partial charge in [-0.2, -0.15) is 0 Å². The lowest BCUT2D eigenvalue weighted by atomic mass is 9.88. The molecule has 2 fully saturated rings. The van der Waals surface area contributed by atoms with Crippen molar-refractivity contribution < 1.29 is 0 Å². The normalized spacial score (nSPS) is 26.0. The Kier molecular flexibility index (Phi) is 5.82. The summed E-state index contributed by atoms with van der Waals surface area (Å²) in [5.41, 5.74) is 5.81. The van der Waals surface area contributed by atoms with Gasteiger partial charge in [-0.15, -0.1) is 0 Å². The molecule has 2 aliphatic heterocycles. The first-order chi connectivity index (χ1) is 9.49. The van der Waals surface area contributed by atoms with Crippen molar-refractivity contribution in [2.45, 2.75) is 58.4 Å². The van der Waals surface area contributed by atoms with E-state index < -0.39 is 0 Å². The van der Waals surface area contributed by atoms with Gasteiger partial charge >= 0.3 is 0 Å². The second kappa shape index (κ2) is 7.19. The van der Waals surface area contributed by atoms with Crippen molar-refractivity contribution in [3.63, 3.8) is 0 Å². The first kappa shape index (κ1) is 16.2. The summed E-state index contributed by atoms with van der Waals surface area (Å²) < 4.78 is 0. The third kappa shape index (κ3) is 4.40. The van der Waals surface area contributed by atoms with Crippen LogP contribution >= 0.6 is 12.2 Å². The van der Waals surface area contributed by atoms with Crippen molar-refractivity contribution in [1.82, 2.24) is 9.80 Å². The van der Waals surface area contributed by atoms with Gasteiger partial charge < -0.3 is 10.6 Å². The zero-order chi connectivity index (χ0) is 14.6. The maximum atomic E-state index is 5.80. The molecule has 20 heavy (non-hydrogen) atoms. The largest absolute Gasteiger partial charge is 0.393 e. The zero-order valence-corrected chi connectivity index (χ0v) is 14.1. The fraction of sp³-hybridized carbons (Fsp3) is 0.938. The molecule has 0 aromatic heterocycles. The Labute approximate surface area is 129 Å². The maximum Gasteiger partial charge on any atom is 0.0784 e. The van der Waals surface area contributed by atoms with E-state index in [1.165, 1.54) is 64.8 Å². The molecule has 0 spiro atoms. The number of thiocarbonyl (C=S) groups is 1. The molecule has 3 nitrogen and oxygen atoms in total. The van der Waals surface area contributed by atoms with E-state index in [1.54, 1.807) is 0 Å². The molecule has 2 aliphatic rings. The molecule has 116 valence electrons. The third-order valence-corrected chi connectivity index (χ3v) is 5.65. The van der Waals surface area contributed by atoms with Gasteiger partial charge in [0.15, 0.2) is 0 Å². The van der Waals surface area contributed by atoms with Crippen LogP contribution in [0.1, 0.15) is 52.4 Å². The monoisotopic (exact) mass is 297 g/mol. The minimum Gasteiger partial charge on any atom is -0.393 e. The summed E-state index contributed by atoms with van der Waals surface area (Å²) in [6.45, 7) is 10.7. The highest BCUT2D eigenvalue weighted by Crippen LogP contribution is 2.24. The first-order valence-corrected chi connectivity index (χ1v) is 8.66. The number of piperidine rings is 1. The summed E-state index contributed by atoms with van der Waals surface area (Å²) in [6.07, 6.45) is 7.90. The number of hydrogen-bond acceptors (Lipinski definition) is 3. The number of nitrogens with two attached hydrogens (primary N) is 1. The van der Waals surface area contributed by atoms with Crippen LogP contribution < -0.4 is 5.73 Å². The highest BCUT2D eigenvalue weighted by atomic mass is 32.1. The molecule has 0 aliphatic carbocycles. The lowest BCUT2D eigenvalue weighted by Crippen LogP contribution is -2.41. The van der Waals surface area contributed by atoms with Gasteiger partial charge in [-0.05, 0) is 58.3 Å². The molecule has 1 unspecified atom stereocenters. The summed E-state index contributed by atoms with van der Waals surface area (Å²) in [6, 6.07) is 0.818. The Morgan fingerprint density at radius 3 is 2.55 bits per heavy atom. The Morgan fingerprint density at radius 1 is 1.20 bits per heavy atom. The lowest BCUT2D eigenvalue weighted by molar-refractivity contribution is 0.161. The molecule has 4 heteroatoms. The van der Waals surface area contributed by atoms with Crippen LogP contribution in [0, 0.1) is 5.41 Å². The van der Waals surface area contributed by atoms with E-state index in [0.29, 0.717) is 4.99 Å². The number of likely N-dealkylation sites (tertiary alicyclic amines) is 2. The number of rotatable bonds is 6. The van der Waals surface area contributed by atoms with Crippen LogP contribution in [-0.2, 0) is 0 Å². The third-order valence-electron chi connectivity index (χ3n) is 5.10. The smallest absolute Gasteiger partial charge is 0.0784 e. The fourth-order valence-electron chi connectivity index (χ4n) is 3.46. The highest BCUT2D eigenvalue weighted by Gasteiger charge is 2.28. The van der Waals surface area contributed by atoms with Gasteiger partial charge in [-0.25, -0.2) is 0 Å². The van der Waals surface area contributed by atoms with E-state index in [-0.39, 0.29) is 5.41 Å².